The number of hydrogen-bond acceptors (Lipinski definition) is 3. The average Bonchev–Trinajstić information content (AvgIpc) is 3.16. The fourth-order valence-electron chi connectivity index (χ4n) is 3.22. The molecule has 3 heterocycles. The van der Waals surface area contributed by atoms with Crippen molar-refractivity contribution in [1.29, 1.82) is 0 Å². The third-order valence-electron chi connectivity index (χ3n) is 4.46. The number of pyridine rings is 1. The fourth-order valence-corrected chi connectivity index (χ4v) is 3.22. The van der Waals surface area contributed by atoms with Crippen molar-refractivity contribution in [3.05, 3.63) is 60.0 Å². The molecule has 3 aromatic rings. The maximum absolute atomic E-state index is 13.2. The van der Waals surface area contributed by atoms with Crippen molar-refractivity contribution in [1.82, 2.24) is 15.3 Å². The molecular formula is C18H13F3N4O2. The third kappa shape index (κ3) is 2.90. The number of nitrogens with one attached hydrogen (secondary N) is 2. The van der Waals surface area contributed by atoms with E-state index in [0.29, 0.717) is 4.90 Å². The zero-order valence-corrected chi connectivity index (χ0v) is 13.7. The van der Waals surface area contributed by atoms with Crippen molar-refractivity contribution in [3.8, 4) is 0 Å². The molecule has 2 N–H and O–H groups in total. The van der Waals surface area contributed by atoms with Gasteiger partial charge in [-0.25, -0.2) is 9.69 Å². The number of para-hydroxylation sites is 1. The highest BCUT2D eigenvalue weighted by atomic mass is 19.4. The number of aromatic amines is 1. The van der Waals surface area contributed by atoms with Gasteiger partial charge in [-0.3, -0.25) is 9.78 Å². The minimum absolute atomic E-state index is 0.159. The molecule has 4 rings (SSSR count). The van der Waals surface area contributed by atoms with Gasteiger partial charge in [0.1, 0.15) is 6.04 Å². The van der Waals surface area contributed by atoms with Crippen molar-refractivity contribution >= 4 is 28.5 Å². The smallest absolute Gasteiger partial charge is 0.361 e. The molecule has 138 valence electrons. The van der Waals surface area contributed by atoms with Gasteiger partial charge in [0.05, 0.1) is 17.4 Å². The molecule has 1 aliphatic rings. The molecule has 2 aromatic heterocycles. The largest absolute Gasteiger partial charge is 0.418 e. The Morgan fingerprint density at radius 2 is 1.93 bits per heavy atom. The van der Waals surface area contributed by atoms with E-state index >= 15 is 0 Å². The normalized spacial score (nSPS) is 17.6. The molecule has 0 bridgehead atoms. The minimum atomic E-state index is -4.71. The number of imide groups is 1. The van der Waals surface area contributed by atoms with E-state index in [1.165, 1.54) is 0 Å². The van der Waals surface area contributed by atoms with Crippen LogP contribution in [0, 0.1) is 0 Å². The van der Waals surface area contributed by atoms with Gasteiger partial charge in [0, 0.05) is 29.7 Å². The number of anilines is 1. The van der Waals surface area contributed by atoms with E-state index in [4.69, 9.17) is 0 Å². The Morgan fingerprint density at radius 3 is 2.70 bits per heavy atom. The average molecular weight is 374 g/mol. The molecule has 0 radical (unpaired) electrons. The number of carbonyl (C=O) groups excluding carboxylic acids is 2. The summed E-state index contributed by atoms with van der Waals surface area (Å²) in [5.74, 6) is -0.746. The van der Waals surface area contributed by atoms with Crippen LogP contribution in [-0.2, 0) is 17.4 Å². The van der Waals surface area contributed by atoms with Crippen molar-refractivity contribution in [2.75, 3.05) is 4.90 Å². The van der Waals surface area contributed by atoms with E-state index < -0.39 is 35.4 Å². The molecule has 27 heavy (non-hydrogen) atoms. The van der Waals surface area contributed by atoms with Gasteiger partial charge >= 0.3 is 12.2 Å². The molecule has 1 saturated heterocycles. The Kier molecular flexibility index (Phi) is 3.87. The van der Waals surface area contributed by atoms with Crippen LogP contribution in [0.5, 0.6) is 0 Å². The molecule has 1 aliphatic heterocycles. The monoisotopic (exact) mass is 374 g/mol. The molecule has 0 unspecified atom stereocenters. The van der Waals surface area contributed by atoms with Crippen LogP contribution in [0.2, 0.25) is 0 Å². The zero-order chi connectivity index (χ0) is 19.2. The lowest BCUT2D eigenvalue weighted by Gasteiger charge is -2.18. The Morgan fingerprint density at radius 1 is 1.15 bits per heavy atom. The number of urea groups is 1. The van der Waals surface area contributed by atoms with Crippen LogP contribution >= 0.6 is 0 Å². The molecule has 0 spiro atoms. The van der Waals surface area contributed by atoms with Crippen LogP contribution < -0.4 is 10.2 Å². The maximum atomic E-state index is 13.2. The SMILES string of the molecule is O=C1N[C@@H](Cc2c[nH]c3ccccc23)C(=O)N1c1cnccc1C(F)(F)F. The Labute approximate surface area is 151 Å². The van der Waals surface area contributed by atoms with Crippen LogP contribution in [0.25, 0.3) is 10.9 Å². The number of benzene rings is 1. The van der Waals surface area contributed by atoms with Crippen LogP contribution in [0.1, 0.15) is 11.1 Å². The van der Waals surface area contributed by atoms with Gasteiger partial charge in [-0.2, -0.15) is 13.2 Å². The van der Waals surface area contributed by atoms with Crippen molar-refractivity contribution in [3.63, 3.8) is 0 Å². The number of rotatable bonds is 3. The van der Waals surface area contributed by atoms with Gasteiger partial charge in [0.2, 0.25) is 0 Å². The Bertz CT molecular complexity index is 1040. The summed E-state index contributed by atoms with van der Waals surface area (Å²) in [4.78, 5) is 32.2. The van der Waals surface area contributed by atoms with Crippen molar-refractivity contribution < 1.29 is 22.8 Å². The summed E-state index contributed by atoms with van der Waals surface area (Å²) in [5.41, 5.74) is -0.0104. The van der Waals surface area contributed by atoms with Gasteiger partial charge in [-0.05, 0) is 17.7 Å². The predicted octanol–water partition coefficient (Wildman–Crippen LogP) is 3.25. The summed E-state index contributed by atoms with van der Waals surface area (Å²) >= 11 is 0. The molecule has 0 aliphatic carbocycles. The maximum Gasteiger partial charge on any atom is 0.418 e. The van der Waals surface area contributed by atoms with Crippen molar-refractivity contribution in [2.45, 2.75) is 18.6 Å². The van der Waals surface area contributed by atoms with Gasteiger partial charge in [-0.1, -0.05) is 18.2 Å². The highest BCUT2D eigenvalue weighted by Gasteiger charge is 2.44. The Hall–Kier alpha value is -3.36. The summed E-state index contributed by atoms with van der Waals surface area (Å²) in [6.45, 7) is 0. The van der Waals surface area contributed by atoms with Crippen LogP contribution in [0.4, 0.5) is 23.7 Å². The first-order valence-corrected chi connectivity index (χ1v) is 8.07. The standard InChI is InChI=1S/C18H13F3N4O2/c19-18(20,21)12-5-6-22-9-15(12)25-16(26)14(24-17(25)27)7-10-8-23-13-4-2-1-3-11(10)13/h1-6,8-9,14,23H,7H2,(H,24,27)/t14-/m0/s1. The minimum Gasteiger partial charge on any atom is -0.361 e. The number of nitrogens with zero attached hydrogens (tertiary/aromatic N) is 2. The summed E-state index contributed by atoms with van der Waals surface area (Å²) in [7, 11) is 0. The number of halogens is 3. The number of carbonyl (C=O) groups is 2. The van der Waals surface area contributed by atoms with Gasteiger partial charge in [-0.15, -0.1) is 0 Å². The van der Waals surface area contributed by atoms with Gasteiger partial charge in [0.15, 0.2) is 0 Å². The van der Waals surface area contributed by atoms with Crippen LogP contribution in [0.15, 0.2) is 48.9 Å². The number of hydrogen-bond donors (Lipinski definition) is 2. The Balaban J connectivity index is 1.66. The molecule has 6 nitrogen and oxygen atoms in total. The molecule has 1 aromatic carbocycles. The number of fused-ring (bicyclic) bond motifs is 1. The van der Waals surface area contributed by atoms with Crippen LogP contribution in [0.3, 0.4) is 0 Å². The first-order valence-electron chi connectivity index (χ1n) is 8.07. The lowest BCUT2D eigenvalue weighted by molar-refractivity contribution is -0.137. The number of H-pyrrole nitrogens is 1. The predicted molar refractivity (Wildman–Crippen MR) is 91.0 cm³/mol. The highest BCUT2D eigenvalue weighted by molar-refractivity contribution is 6.21. The molecule has 9 heteroatoms. The number of alkyl halides is 3. The molecule has 3 amide bonds. The summed E-state index contributed by atoms with van der Waals surface area (Å²) in [6.07, 6.45) is -0.999. The van der Waals surface area contributed by atoms with E-state index in [9.17, 15) is 22.8 Å². The third-order valence-corrected chi connectivity index (χ3v) is 4.46. The molecule has 1 atom stereocenters. The van der Waals surface area contributed by atoms with E-state index in [1.807, 2.05) is 24.3 Å². The van der Waals surface area contributed by atoms with E-state index in [2.05, 4.69) is 15.3 Å². The van der Waals surface area contributed by atoms with Gasteiger partial charge < -0.3 is 10.3 Å². The van der Waals surface area contributed by atoms with Crippen LogP contribution in [-0.4, -0.2) is 27.9 Å². The van der Waals surface area contributed by atoms with Crippen molar-refractivity contribution in [2.24, 2.45) is 0 Å². The quantitative estimate of drug-likeness (QED) is 0.691. The lowest BCUT2D eigenvalue weighted by Crippen LogP contribution is -2.33. The molecule has 0 saturated carbocycles. The second kappa shape index (κ2) is 6.11. The summed E-state index contributed by atoms with van der Waals surface area (Å²) in [5, 5.41) is 3.35. The fraction of sp³-hybridized carbons (Fsp3) is 0.167. The van der Waals surface area contributed by atoms with Gasteiger partial charge in [0.25, 0.3) is 5.91 Å². The summed E-state index contributed by atoms with van der Waals surface area (Å²) < 4.78 is 39.7. The lowest BCUT2D eigenvalue weighted by atomic mass is 10.0. The topological polar surface area (TPSA) is 78.1 Å². The second-order valence-electron chi connectivity index (χ2n) is 6.13. The first kappa shape index (κ1) is 17.1. The summed E-state index contributed by atoms with van der Waals surface area (Å²) in [6, 6.07) is 6.30. The highest BCUT2D eigenvalue weighted by Crippen LogP contribution is 2.37. The number of aromatic nitrogens is 2. The number of amides is 3. The second-order valence-corrected chi connectivity index (χ2v) is 6.13. The molecular weight excluding hydrogens is 361 g/mol. The first-order chi connectivity index (χ1) is 12.9. The van der Waals surface area contributed by atoms with E-state index in [1.54, 1.807) is 6.20 Å². The van der Waals surface area contributed by atoms with E-state index in [0.717, 1.165) is 34.9 Å². The zero-order valence-electron chi connectivity index (χ0n) is 13.7. The van der Waals surface area contributed by atoms with E-state index in [-0.39, 0.29) is 6.42 Å². The molecule has 1 fully saturated rings.